The van der Waals surface area contributed by atoms with Crippen LogP contribution >= 0.6 is 0 Å². The number of aliphatic hydroxyl groups is 1. The van der Waals surface area contributed by atoms with E-state index in [2.05, 4.69) is 0 Å². The summed E-state index contributed by atoms with van der Waals surface area (Å²) >= 11 is 0. The van der Waals surface area contributed by atoms with Gasteiger partial charge in [-0.1, -0.05) is 18.2 Å². The van der Waals surface area contributed by atoms with Crippen molar-refractivity contribution in [3.8, 4) is 0 Å². The molecule has 1 saturated heterocycles. The van der Waals surface area contributed by atoms with E-state index in [-0.39, 0.29) is 18.7 Å². The number of ether oxygens (including phenoxy) is 2. The van der Waals surface area contributed by atoms with Crippen LogP contribution in [0.1, 0.15) is 16.8 Å². The van der Waals surface area contributed by atoms with Gasteiger partial charge in [-0.05, 0) is 12.1 Å². The van der Waals surface area contributed by atoms with Gasteiger partial charge in [-0.3, -0.25) is 0 Å². The van der Waals surface area contributed by atoms with Gasteiger partial charge in [0.05, 0.1) is 24.4 Å². The lowest BCUT2D eigenvalue weighted by molar-refractivity contribution is 0.0147. The maximum Gasteiger partial charge on any atom is 0.338 e. The van der Waals surface area contributed by atoms with Crippen molar-refractivity contribution in [3.05, 3.63) is 35.9 Å². The monoisotopic (exact) mass is 222 g/mol. The van der Waals surface area contributed by atoms with Crippen LogP contribution in [0.15, 0.2) is 30.3 Å². The van der Waals surface area contributed by atoms with E-state index in [1.54, 1.807) is 24.3 Å². The molecule has 1 aliphatic rings. The fourth-order valence-electron chi connectivity index (χ4n) is 1.63. The second-order valence-corrected chi connectivity index (χ2v) is 3.81. The smallest absolute Gasteiger partial charge is 0.338 e. The van der Waals surface area contributed by atoms with E-state index in [0.29, 0.717) is 18.6 Å². The zero-order valence-corrected chi connectivity index (χ0v) is 8.83. The Morgan fingerprint density at radius 2 is 2.19 bits per heavy atom. The molecule has 0 amide bonds. The largest absolute Gasteiger partial charge is 0.459 e. The first-order valence-corrected chi connectivity index (χ1v) is 5.27. The van der Waals surface area contributed by atoms with Gasteiger partial charge in [0, 0.05) is 6.42 Å². The Balaban J connectivity index is 1.80. The average molecular weight is 222 g/mol. The van der Waals surface area contributed by atoms with Crippen molar-refractivity contribution >= 4 is 5.97 Å². The maximum atomic E-state index is 11.5. The number of hydrogen-bond acceptors (Lipinski definition) is 4. The first-order valence-electron chi connectivity index (χ1n) is 5.27. The SMILES string of the molecule is O=C(OC[C@@H]1C[C@H](O)CO1)c1ccccc1. The molecule has 1 fully saturated rings. The lowest BCUT2D eigenvalue weighted by atomic mass is 10.2. The Hall–Kier alpha value is -1.39. The van der Waals surface area contributed by atoms with Gasteiger partial charge in [-0.25, -0.2) is 4.79 Å². The van der Waals surface area contributed by atoms with Crippen LogP contribution in [0.5, 0.6) is 0 Å². The molecule has 1 heterocycles. The Kier molecular flexibility index (Phi) is 3.54. The summed E-state index contributed by atoms with van der Waals surface area (Å²) in [7, 11) is 0. The molecular formula is C12H14O4. The molecule has 0 unspecified atom stereocenters. The van der Waals surface area contributed by atoms with E-state index >= 15 is 0 Å². The normalized spacial score (nSPS) is 24.3. The summed E-state index contributed by atoms with van der Waals surface area (Å²) in [5, 5.41) is 9.22. The fourth-order valence-corrected chi connectivity index (χ4v) is 1.63. The highest BCUT2D eigenvalue weighted by Gasteiger charge is 2.24. The van der Waals surface area contributed by atoms with Crippen molar-refractivity contribution in [2.24, 2.45) is 0 Å². The predicted molar refractivity (Wildman–Crippen MR) is 57.1 cm³/mol. The number of carbonyl (C=O) groups excluding carboxylic acids is 1. The third-order valence-electron chi connectivity index (χ3n) is 2.47. The van der Waals surface area contributed by atoms with E-state index < -0.39 is 6.10 Å². The van der Waals surface area contributed by atoms with Crippen molar-refractivity contribution in [1.29, 1.82) is 0 Å². The molecule has 0 spiro atoms. The van der Waals surface area contributed by atoms with Crippen molar-refractivity contribution in [2.75, 3.05) is 13.2 Å². The highest BCUT2D eigenvalue weighted by Crippen LogP contribution is 2.13. The Bertz CT molecular complexity index is 349. The highest BCUT2D eigenvalue weighted by atomic mass is 16.6. The summed E-state index contributed by atoms with van der Waals surface area (Å²) in [6.07, 6.45) is -0.0784. The predicted octanol–water partition coefficient (Wildman–Crippen LogP) is 0.993. The summed E-state index contributed by atoms with van der Waals surface area (Å²) in [5.74, 6) is -0.356. The van der Waals surface area contributed by atoms with Gasteiger partial charge >= 0.3 is 5.97 Å². The lowest BCUT2D eigenvalue weighted by Gasteiger charge is -2.09. The third kappa shape index (κ3) is 2.81. The fraction of sp³-hybridized carbons (Fsp3) is 0.417. The van der Waals surface area contributed by atoms with Crippen LogP contribution in [0.4, 0.5) is 0 Å². The van der Waals surface area contributed by atoms with Crippen molar-refractivity contribution in [1.82, 2.24) is 0 Å². The molecule has 0 bridgehead atoms. The van der Waals surface area contributed by atoms with E-state index in [9.17, 15) is 9.90 Å². The first-order chi connectivity index (χ1) is 7.75. The minimum Gasteiger partial charge on any atom is -0.459 e. The lowest BCUT2D eigenvalue weighted by Crippen LogP contribution is -2.18. The zero-order valence-electron chi connectivity index (χ0n) is 8.83. The van der Waals surface area contributed by atoms with Crippen LogP contribution in [-0.2, 0) is 9.47 Å². The third-order valence-corrected chi connectivity index (χ3v) is 2.47. The summed E-state index contributed by atoms with van der Waals surface area (Å²) in [4.78, 5) is 11.5. The van der Waals surface area contributed by atoms with Crippen LogP contribution in [0.25, 0.3) is 0 Å². The molecule has 1 aromatic rings. The Labute approximate surface area is 93.8 Å². The second kappa shape index (κ2) is 5.09. The minimum atomic E-state index is -0.430. The van der Waals surface area contributed by atoms with Gasteiger partial charge in [0.15, 0.2) is 0 Å². The standard InChI is InChI=1S/C12H14O4/c13-10-6-11(15-7-10)8-16-12(14)9-4-2-1-3-5-9/h1-5,10-11,13H,6-8H2/t10-,11-/m0/s1. The summed E-state index contributed by atoms with van der Waals surface area (Å²) in [6, 6.07) is 8.81. The minimum absolute atomic E-state index is 0.178. The number of rotatable bonds is 3. The molecule has 1 aliphatic heterocycles. The summed E-state index contributed by atoms with van der Waals surface area (Å²) in [6.45, 7) is 0.526. The summed E-state index contributed by atoms with van der Waals surface area (Å²) in [5.41, 5.74) is 0.529. The van der Waals surface area contributed by atoms with Crippen LogP contribution in [0.2, 0.25) is 0 Å². The molecule has 0 radical (unpaired) electrons. The van der Waals surface area contributed by atoms with Gasteiger partial charge < -0.3 is 14.6 Å². The van der Waals surface area contributed by atoms with Gasteiger partial charge in [-0.2, -0.15) is 0 Å². The van der Waals surface area contributed by atoms with Crippen LogP contribution in [-0.4, -0.2) is 36.5 Å². The van der Waals surface area contributed by atoms with E-state index in [0.717, 1.165) is 0 Å². The Morgan fingerprint density at radius 1 is 1.44 bits per heavy atom. The topological polar surface area (TPSA) is 55.8 Å². The molecule has 4 heteroatoms. The van der Waals surface area contributed by atoms with E-state index in [4.69, 9.17) is 9.47 Å². The molecule has 0 aromatic heterocycles. The van der Waals surface area contributed by atoms with Gasteiger partial charge in [0.2, 0.25) is 0 Å². The first kappa shape index (κ1) is 11.1. The second-order valence-electron chi connectivity index (χ2n) is 3.81. The van der Waals surface area contributed by atoms with Crippen molar-refractivity contribution in [2.45, 2.75) is 18.6 Å². The van der Waals surface area contributed by atoms with Gasteiger partial charge in [-0.15, -0.1) is 0 Å². The molecule has 16 heavy (non-hydrogen) atoms. The molecule has 0 saturated carbocycles. The number of esters is 1. The molecule has 2 rings (SSSR count). The van der Waals surface area contributed by atoms with Crippen LogP contribution in [0.3, 0.4) is 0 Å². The number of carbonyl (C=O) groups is 1. The van der Waals surface area contributed by atoms with E-state index in [1.807, 2.05) is 6.07 Å². The molecule has 4 nitrogen and oxygen atoms in total. The molecule has 1 aromatic carbocycles. The summed E-state index contributed by atoms with van der Waals surface area (Å²) < 4.78 is 10.3. The Morgan fingerprint density at radius 3 is 2.81 bits per heavy atom. The molecular weight excluding hydrogens is 208 g/mol. The molecule has 2 atom stereocenters. The van der Waals surface area contributed by atoms with E-state index in [1.165, 1.54) is 0 Å². The molecule has 1 N–H and O–H groups in total. The number of hydrogen-bond donors (Lipinski definition) is 1. The molecule has 0 aliphatic carbocycles. The van der Waals surface area contributed by atoms with Crippen LogP contribution < -0.4 is 0 Å². The quantitative estimate of drug-likeness (QED) is 0.775. The van der Waals surface area contributed by atoms with Crippen molar-refractivity contribution < 1.29 is 19.4 Å². The van der Waals surface area contributed by atoms with Crippen molar-refractivity contribution in [3.63, 3.8) is 0 Å². The number of benzene rings is 1. The highest BCUT2D eigenvalue weighted by molar-refractivity contribution is 5.89. The van der Waals surface area contributed by atoms with Gasteiger partial charge in [0.1, 0.15) is 6.61 Å². The van der Waals surface area contributed by atoms with Crippen LogP contribution in [0, 0.1) is 0 Å². The average Bonchev–Trinajstić information content (AvgIpc) is 2.73. The molecule has 86 valence electrons. The zero-order chi connectivity index (χ0) is 11.4. The maximum absolute atomic E-state index is 11.5. The number of aliphatic hydroxyl groups excluding tert-OH is 1. The van der Waals surface area contributed by atoms with Gasteiger partial charge in [0.25, 0.3) is 0 Å².